The first kappa shape index (κ1) is 16.9. The van der Waals surface area contributed by atoms with Gasteiger partial charge in [0.2, 0.25) is 0 Å². The molecule has 1 heterocycles. The van der Waals surface area contributed by atoms with Crippen LogP contribution >= 0.6 is 11.6 Å². The van der Waals surface area contributed by atoms with Crippen molar-refractivity contribution in [1.82, 2.24) is 9.80 Å². The summed E-state index contributed by atoms with van der Waals surface area (Å²) in [5.41, 5.74) is 1.11. The largest absolute Gasteiger partial charge is 0.495 e. The van der Waals surface area contributed by atoms with E-state index in [0.717, 1.165) is 31.6 Å². The van der Waals surface area contributed by atoms with Crippen LogP contribution < -0.4 is 4.74 Å². The lowest BCUT2D eigenvalue weighted by Gasteiger charge is -2.37. The van der Waals surface area contributed by atoms with E-state index in [1.807, 2.05) is 18.2 Å². The van der Waals surface area contributed by atoms with Crippen LogP contribution in [0.5, 0.6) is 5.75 Å². The van der Waals surface area contributed by atoms with E-state index in [1.165, 1.54) is 0 Å². The van der Waals surface area contributed by atoms with E-state index in [-0.39, 0.29) is 18.1 Å². The standard InChI is InChI=1S/C18H22ClN3O2/c1-24-18-5-2-13(8-16(18)19)11-21-6-7-22(12-21)17-4-3-15(23)9-14(17)10-20/h2,5-8,14-15,17,23H,3-4,9,11-12H2,1H3/t14?,15-,17+/m1/s1. The van der Waals surface area contributed by atoms with E-state index in [9.17, 15) is 10.4 Å². The van der Waals surface area contributed by atoms with Gasteiger partial charge >= 0.3 is 0 Å². The zero-order valence-electron chi connectivity index (χ0n) is 13.7. The fourth-order valence-electron chi connectivity index (χ4n) is 3.51. The van der Waals surface area contributed by atoms with Crippen molar-refractivity contribution in [3.05, 3.63) is 41.2 Å². The zero-order valence-corrected chi connectivity index (χ0v) is 14.5. The second-order valence-electron chi connectivity index (χ2n) is 6.44. The highest BCUT2D eigenvalue weighted by molar-refractivity contribution is 6.32. The molecule has 1 unspecified atom stereocenters. The van der Waals surface area contributed by atoms with Gasteiger partial charge in [-0.25, -0.2) is 0 Å². The minimum atomic E-state index is -0.338. The second kappa shape index (κ2) is 7.33. The molecule has 1 aliphatic carbocycles. The highest BCUT2D eigenvalue weighted by atomic mass is 35.5. The molecule has 24 heavy (non-hydrogen) atoms. The fraction of sp³-hybridized carbons (Fsp3) is 0.500. The smallest absolute Gasteiger partial charge is 0.137 e. The van der Waals surface area contributed by atoms with Gasteiger partial charge in [-0.1, -0.05) is 17.7 Å². The molecule has 0 spiro atoms. The summed E-state index contributed by atoms with van der Waals surface area (Å²) in [6, 6.07) is 8.35. The predicted molar refractivity (Wildman–Crippen MR) is 92.1 cm³/mol. The Labute approximate surface area is 147 Å². The SMILES string of the molecule is COc1ccc(CN2C=CN([C@H]3CC[C@@H](O)CC3C#N)C2)cc1Cl. The van der Waals surface area contributed by atoms with Crippen LogP contribution in [0, 0.1) is 17.2 Å². The van der Waals surface area contributed by atoms with Crippen LogP contribution in [0.2, 0.25) is 5.02 Å². The molecule has 1 aliphatic heterocycles. The maximum Gasteiger partial charge on any atom is 0.137 e. The van der Waals surface area contributed by atoms with Crippen molar-refractivity contribution in [3.63, 3.8) is 0 Å². The number of halogens is 1. The lowest BCUT2D eigenvalue weighted by molar-refractivity contribution is 0.0604. The molecule has 3 rings (SSSR count). The van der Waals surface area contributed by atoms with Crippen molar-refractivity contribution in [3.8, 4) is 11.8 Å². The highest BCUT2D eigenvalue weighted by Crippen LogP contribution is 2.31. The topological polar surface area (TPSA) is 59.7 Å². The van der Waals surface area contributed by atoms with Crippen LogP contribution in [0.4, 0.5) is 0 Å². The molecule has 5 nitrogen and oxygen atoms in total. The lowest BCUT2D eigenvalue weighted by Crippen LogP contribution is -2.43. The summed E-state index contributed by atoms with van der Waals surface area (Å²) < 4.78 is 5.18. The second-order valence-corrected chi connectivity index (χ2v) is 6.85. The normalized spacial score (nSPS) is 26.5. The van der Waals surface area contributed by atoms with Crippen LogP contribution in [-0.4, -0.2) is 40.8 Å². The molecule has 1 aromatic rings. The molecular formula is C18H22ClN3O2. The number of aliphatic hydroxyl groups is 1. The molecule has 128 valence electrons. The summed E-state index contributed by atoms with van der Waals surface area (Å²) in [5, 5.41) is 19.7. The average Bonchev–Trinajstić information content (AvgIpc) is 3.03. The molecule has 2 aliphatic rings. The zero-order chi connectivity index (χ0) is 17.1. The quantitative estimate of drug-likeness (QED) is 0.907. The van der Waals surface area contributed by atoms with Crippen molar-refractivity contribution in [2.24, 2.45) is 5.92 Å². The molecule has 0 aromatic heterocycles. The number of methoxy groups -OCH3 is 1. The molecular weight excluding hydrogens is 326 g/mol. The van der Waals surface area contributed by atoms with Crippen molar-refractivity contribution >= 4 is 11.6 Å². The third-order valence-corrected chi connectivity index (χ3v) is 5.09. The monoisotopic (exact) mass is 347 g/mol. The number of ether oxygens (including phenoxy) is 1. The predicted octanol–water partition coefficient (Wildman–Crippen LogP) is 2.95. The minimum absolute atomic E-state index is 0.117. The molecule has 1 N–H and O–H groups in total. The molecule has 0 radical (unpaired) electrons. The van der Waals surface area contributed by atoms with Gasteiger partial charge in [0.25, 0.3) is 0 Å². The first-order valence-corrected chi connectivity index (χ1v) is 8.56. The summed E-state index contributed by atoms with van der Waals surface area (Å²) in [7, 11) is 1.61. The van der Waals surface area contributed by atoms with Crippen LogP contribution in [0.1, 0.15) is 24.8 Å². The Bertz CT molecular complexity index is 658. The average molecular weight is 348 g/mol. The van der Waals surface area contributed by atoms with Gasteiger partial charge < -0.3 is 19.6 Å². The summed E-state index contributed by atoms with van der Waals surface area (Å²) in [4.78, 5) is 4.41. The molecule has 1 fully saturated rings. The van der Waals surface area contributed by atoms with Gasteiger partial charge in [-0.3, -0.25) is 0 Å². The summed E-state index contributed by atoms with van der Waals surface area (Å²) in [6.07, 6.45) is 5.96. The number of benzene rings is 1. The van der Waals surface area contributed by atoms with Crippen molar-refractivity contribution in [1.29, 1.82) is 5.26 Å². The van der Waals surface area contributed by atoms with Gasteiger partial charge in [0.05, 0.1) is 36.9 Å². The summed E-state index contributed by atoms with van der Waals surface area (Å²) in [5.74, 6) is 0.561. The van der Waals surface area contributed by atoms with Gasteiger partial charge in [0.1, 0.15) is 5.75 Å². The first-order chi connectivity index (χ1) is 11.6. The highest BCUT2D eigenvalue weighted by Gasteiger charge is 2.34. The maximum absolute atomic E-state index is 9.77. The Morgan fingerprint density at radius 1 is 1.38 bits per heavy atom. The van der Waals surface area contributed by atoms with E-state index in [0.29, 0.717) is 17.2 Å². The van der Waals surface area contributed by atoms with E-state index in [4.69, 9.17) is 16.3 Å². The Kier molecular flexibility index (Phi) is 5.17. The van der Waals surface area contributed by atoms with Gasteiger partial charge in [-0.05, 0) is 37.0 Å². The molecule has 1 aromatic carbocycles. The van der Waals surface area contributed by atoms with Crippen LogP contribution in [0.3, 0.4) is 0 Å². The Morgan fingerprint density at radius 3 is 2.92 bits per heavy atom. The van der Waals surface area contributed by atoms with Gasteiger partial charge in [0.15, 0.2) is 0 Å². The molecule has 1 saturated carbocycles. The minimum Gasteiger partial charge on any atom is -0.495 e. The number of hydrogen-bond acceptors (Lipinski definition) is 5. The first-order valence-electron chi connectivity index (χ1n) is 8.19. The molecule has 3 atom stereocenters. The van der Waals surface area contributed by atoms with E-state index >= 15 is 0 Å². The van der Waals surface area contributed by atoms with Crippen molar-refractivity contribution in [2.75, 3.05) is 13.8 Å². The number of hydrogen-bond donors (Lipinski definition) is 1. The van der Waals surface area contributed by atoms with Gasteiger partial charge in [-0.2, -0.15) is 5.26 Å². The lowest BCUT2D eigenvalue weighted by atomic mass is 9.83. The third kappa shape index (κ3) is 3.61. The Morgan fingerprint density at radius 2 is 2.21 bits per heavy atom. The third-order valence-electron chi connectivity index (χ3n) is 4.79. The summed E-state index contributed by atoms with van der Waals surface area (Å²) >= 11 is 6.19. The number of aliphatic hydroxyl groups excluding tert-OH is 1. The van der Waals surface area contributed by atoms with Gasteiger partial charge in [0, 0.05) is 25.0 Å². The number of nitrogens with zero attached hydrogens (tertiary/aromatic N) is 3. The fourth-order valence-corrected chi connectivity index (χ4v) is 3.79. The Balaban J connectivity index is 1.61. The molecule has 6 heteroatoms. The molecule has 0 amide bonds. The van der Waals surface area contributed by atoms with Crippen LogP contribution in [0.15, 0.2) is 30.6 Å². The van der Waals surface area contributed by atoms with Crippen molar-refractivity contribution in [2.45, 2.75) is 38.0 Å². The van der Waals surface area contributed by atoms with Gasteiger partial charge in [-0.15, -0.1) is 0 Å². The van der Waals surface area contributed by atoms with Crippen LogP contribution in [0.25, 0.3) is 0 Å². The maximum atomic E-state index is 9.77. The summed E-state index contributed by atoms with van der Waals surface area (Å²) in [6.45, 7) is 1.51. The van der Waals surface area contributed by atoms with Crippen molar-refractivity contribution < 1.29 is 9.84 Å². The molecule has 0 saturated heterocycles. The van der Waals surface area contributed by atoms with E-state index in [1.54, 1.807) is 7.11 Å². The van der Waals surface area contributed by atoms with E-state index in [2.05, 4.69) is 28.3 Å². The number of rotatable bonds is 4. The van der Waals surface area contributed by atoms with Crippen LogP contribution in [-0.2, 0) is 6.54 Å². The number of nitriles is 1. The van der Waals surface area contributed by atoms with E-state index < -0.39 is 0 Å². The molecule has 0 bridgehead atoms. The Hall–Kier alpha value is -1.90.